The van der Waals surface area contributed by atoms with Crippen LogP contribution in [0.5, 0.6) is 11.5 Å². The molecule has 20 heteroatoms. The maximum Gasteiger partial charge on any atom is 0.330 e. The van der Waals surface area contributed by atoms with Gasteiger partial charge in [0.2, 0.25) is 5.13 Å². The largest absolute Gasteiger partial charge is 0.465 e. The number of carbonyl (C=O) groups is 8. The van der Waals surface area contributed by atoms with Gasteiger partial charge >= 0.3 is 47.8 Å². The van der Waals surface area contributed by atoms with Crippen LogP contribution in [0.2, 0.25) is 0 Å². The van der Waals surface area contributed by atoms with Gasteiger partial charge in [-0.1, -0.05) is 36.6 Å². The molecule has 2 aromatic carbocycles. The molecule has 432 valence electrons. The van der Waals surface area contributed by atoms with Crippen molar-refractivity contribution < 1.29 is 76.3 Å². The molecule has 4 aliphatic carbocycles. The molecule has 0 unspecified atom stereocenters. The number of hydrogen-bond acceptors (Lipinski definition) is 20. The number of hydrazone groups is 1. The summed E-state index contributed by atoms with van der Waals surface area (Å²) in [4.78, 5) is 106. The number of ether oxygens (including phenoxy) is 8. The highest BCUT2D eigenvalue weighted by molar-refractivity contribution is 7.22. The molecular weight excluding hydrogens is 1050 g/mol. The van der Waals surface area contributed by atoms with E-state index in [9.17, 15) is 38.4 Å². The summed E-state index contributed by atoms with van der Waals surface area (Å²) in [6, 6.07) is 12.6. The molecule has 3 aromatic rings. The minimum Gasteiger partial charge on any atom is -0.465 e. The average molecular weight is 1130 g/mol. The lowest BCUT2D eigenvalue weighted by atomic mass is 9.82. The van der Waals surface area contributed by atoms with Gasteiger partial charge in [0.25, 0.3) is 0 Å². The fourth-order valence-corrected chi connectivity index (χ4v) is 11.5. The van der Waals surface area contributed by atoms with Crippen LogP contribution in [0, 0.1) is 35.5 Å². The van der Waals surface area contributed by atoms with Crippen molar-refractivity contribution in [2.24, 2.45) is 40.6 Å². The van der Waals surface area contributed by atoms with Gasteiger partial charge < -0.3 is 37.9 Å². The molecule has 0 bridgehead atoms. The number of nitrogens with zero attached hydrogens (tertiary/aromatic N) is 3. The highest BCUT2D eigenvalue weighted by atomic mass is 32.1. The van der Waals surface area contributed by atoms with Crippen molar-refractivity contribution in [1.29, 1.82) is 0 Å². The minimum absolute atomic E-state index is 0.228. The number of esters is 8. The lowest BCUT2D eigenvalue weighted by molar-refractivity contribution is -0.161. The van der Waals surface area contributed by atoms with Crippen molar-refractivity contribution in [3.05, 3.63) is 73.3 Å². The molecule has 4 fully saturated rings. The second-order valence-corrected chi connectivity index (χ2v) is 21.9. The van der Waals surface area contributed by atoms with Crippen molar-refractivity contribution in [2.45, 2.75) is 148 Å². The number of unbranched alkanes of at least 4 members (excludes halogenated alkanes) is 2. The second kappa shape index (κ2) is 31.1. The monoisotopic (exact) mass is 1130 g/mol. The molecule has 0 aliphatic heterocycles. The summed E-state index contributed by atoms with van der Waals surface area (Å²) in [6.07, 6.45) is 13.4. The van der Waals surface area contributed by atoms with E-state index >= 15 is 0 Å². The summed E-state index contributed by atoms with van der Waals surface area (Å²) in [7, 11) is 0. The van der Waals surface area contributed by atoms with Gasteiger partial charge in [-0.2, -0.15) is 5.10 Å². The maximum absolute atomic E-state index is 13.8. The number of fused-ring (bicyclic) bond motifs is 1. The summed E-state index contributed by atoms with van der Waals surface area (Å²) in [6.45, 7) is 10.1. The number of thiazole rings is 1. The SMILES string of the molecule is C=CC(=O)OCCCCOC(=O)C1CCC(C(=O)OC2CCC(C(=O)Oc3ccc(OC(=O)C4CCC(OC(=O)C5CCC(C(=O)OCCCCOC(=O)C=C)CC5)CC4)c(/C=N/N(CC)c4nc5ccccc5s4)c3)CC2)CC1. The van der Waals surface area contributed by atoms with Crippen molar-refractivity contribution in [1.82, 2.24) is 4.98 Å². The Morgan fingerprint density at radius 3 is 1.44 bits per heavy atom. The van der Waals surface area contributed by atoms with Gasteiger partial charge in [0.05, 0.1) is 78.4 Å². The van der Waals surface area contributed by atoms with Gasteiger partial charge in [-0.05, 0) is 166 Å². The Balaban J connectivity index is 0.864. The number of aromatic nitrogens is 1. The zero-order valence-electron chi connectivity index (χ0n) is 45.8. The Morgan fingerprint density at radius 2 is 0.975 bits per heavy atom. The highest BCUT2D eigenvalue weighted by Gasteiger charge is 2.37. The number of hydrogen-bond donors (Lipinski definition) is 0. The van der Waals surface area contributed by atoms with Crippen LogP contribution in [0.1, 0.15) is 141 Å². The lowest BCUT2D eigenvalue weighted by Crippen LogP contribution is -2.33. The van der Waals surface area contributed by atoms with Gasteiger partial charge in [-0.25, -0.2) is 19.6 Å². The summed E-state index contributed by atoms with van der Waals surface area (Å²) >= 11 is 1.49. The molecule has 0 amide bonds. The van der Waals surface area contributed by atoms with E-state index in [4.69, 9.17) is 48.0 Å². The van der Waals surface area contributed by atoms with Crippen molar-refractivity contribution in [3.63, 3.8) is 0 Å². The first-order chi connectivity index (χ1) is 38.8. The number of anilines is 1. The molecule has 1 heterocycles. The van der Waals surface area contributed by atoms with Crippen LogP contribution in [0.3, 0.4) is 0 Å². The second-order valence-electron chi connectivity index (χ2n) is 20.9. The standard InChI is InChI=1S/C60H75N3O16S/c1-4-52(64)72-33-9-11-35-74-54(66)39-15-19-41(20-16-39)56(68)76-46-27-23-43(24-28-46)58(70)78-48-31-32-50(45(37-48)38-61-63(6-3)60-62-49-13-7-8-14-51(49)80-60)79-59(71)44-25-29-47(30-26-44)77-57(69)42-21-17-40(18-22-42)55(67)75-36-12-10-34-73-53(65)5-2/h4-5,7-8,13-14,31-32,37-44,46-47H,1-2,6,9-12,15-30,33-36H2,3H3/b61-38+. The van der Waals surface area contributed by atoms with Crippen LogP contribution in [-0.4, -0.2) is 104 Å². The van der Waals surface area contributed by atoms with E-state index in [0.717, 1.165) is 22.4 Å². The predicted molar refractivity (Wildman–Crippen MR) is 295 cm³/mol. The maximum atomic E-state index is 13.8. The number of para-hydroxylation sites is 1. The van der Waals surface area contributed by atoms with Gasteiger partial charge in [0.15, 0.2) is 0 Å². The third-order valence-corrected chi connectivity index (χ3v) is 16.4. The van der Waals surface area contributed by atoms with Crippen LogP contribution >= 0.6 is 11.3 Å². The van der Waals surface area contributed by atoms with Crippen molar-refractivity contribution >= 4 is 80.7 Å². The molecule has 4 aliphatic rings. The van der Waals surface area contributed by atoms with E-state index in [-0.39, 0.29) is 97.7 Å². The smallest absolute Gasteiger partial charge is 0.330 e. The van der Waals surface area contributed by atoms with Crippen molar-refractivity contribution in [3.8, 4) is 11.5 Å². The van der Waals surface area contributed by atoms with Gasteiger partial charge in [0.1, 0.15) is 23.7 Å². The summed E-state index contributed by atoms with van der Waals surface area (Å²) in [5.74, 6) is -4.54. The third kappa shape index (κ3) is 18.3. The highest BCUT2D eigenvalue weighted by Crippen LogP contribution is 2.37. The van der Waals surface area contributed by atoms with Gasteiger partial charge in [-0.3, -0.25) is 28.8 Å². The van der Waals surface area contributed by atoms with Crippen LogP contribution in [0.4, 0.5) is 5.13 Å². The van der Waals surface area contributed by atoms with E-state index < -0.39 is 35.7 Å². The molecule has 1 aromatic heterocycles. The van der Waals surface area contributed by atoms with Gasteiger partial charge in [-0.15, -0.1) is 0 Å². The topological polar surface area (TPSA) is 239 Å². The van der Waals surface area contributed by atoms with Crippen molar-refractivity contribution in [2.75, 3.05) is 38.0 Å². The average Bonchev–Trinajstić information content (AvgIpc) is 3.92. The fourth-order valence-electron chi connectivity index (χ4n) is 10.5. The first-order valence-corrected chi connectivity index (χ1v) is 29.2. The van der Waals surface area contributed by atoms with E-state index in [0.29, 0.717) is 146 Å². The predicted octanol–water partition coefficient (Wildman–Crippen LogP) is 9.89. The summed E-state index contributed by atoms with van der Waals surface area (Å²) < 4.78 is 45.6. The molecule has 0 spiro atoms. The Kier molecular flexibility index (Phi) is 23.6. The first kappa shape index (κ1) is 60.7. The van der Waals surface area contributed by atoms with E-state index in [1.807, 2.05) is 31.2 Å². The Bertz CT molecular complexity index is 2620. The molecule has 0 saturated heterocycles. The molecule has 0 N–H and O–H groups in total. The molecule has 19 nitrogen and oxygen atoms in total. The quantitative estimate of drug-likeness (QED) is 0.0138. The molecule has 7 rings (SSSR count). The third-order valence-electron chi connectivity index (χ3n) is 15.3. The van der Waals surface area contributed by atoms with E-state index in [1.54, 1.807) is 29.4 Å². The van der Waals surface area contributed by atoms with Crippen LogP contribution < -0.4 is 14.5 Å². The zero-order valence-corrected chi connectivity index (χ0v) is 46.6. The lowest BCUT2D eigenvalue weighted by Gasteiger charge is -2.30. The minimum atomic E-state index is -0.489. The molecule has 80 heavy (non-hydrogen) atoms. The van der Waals surface area contributed by atoms with E-state index in [2.05, 4.69) is 13.2 Å². The first-order valence-electron chi connectivity index (χ1n) is 28.4. The number of benzene rings is 2. The summed E-state index contributed by atoms with van der Waals surface area (Å²) in [5, 5.41) is 7.16. The molecular formula is C60H75N3O16S. The van der Waals surface area contributed by atoms with Crippen LogP contribution in [0.15, 0.2) is 72.9 Å². The number of carbonyl (C=O) groups excluding carboxylic acids is 8. The van der Waals surface area contributed by atoms with Crippen LogP contribution in [0.25, 0.3) is 10.2 Å². The van der Waals surface area contributed by atoms with E-state index in [1.165, 1.54) is 11.3 Å². The molecule has 0 atom stereocenters. The van der Waals surface area contributed by atoms with Gasteiger partial charge in [0, 0.05) is 24.3 Å². The number of rotatable bonds is 26. The fraction of sp³-hybridized carbons (Fsp3) is 0.567. The Labute approximate surface area is 471 Å². The summed E-state index contributed by atoms with van der Waals surface area (Å²) in [5.41, 5.74) is 1.24. The Morgan fingerprint density at radius 1 is 0.550 bits per heavy atom. The molecule has 0 radical (unpaired) electrons. The zero-order chi connectivity index (χ0) is 56.8. The Hall–Kier alpha value is -6.96. The molecule has 4 saturated carbocycles. The normalized spacial score (nSPS) is 22.9. The van der Waals surface area contributed by atoms with Crippen LogP contribution in [-0.2, 0) is 66.8 Å².